The Labute approximate surface area is 132 Å². The Morgan fingerprint density at radius 1 is 1.14 bits per heavy atom. The molecule has 0 aliphatic rings. The van der Waals surface area contributed by atoms with Gasteiger partial charge < -0.3 is 15.4 Å². The maximum Gasteiger partial charge on any atom is 0.226 e. The Kier molecular flexibility index (Phi) is 5.63. The summed E-state index contributed by atoms with van der Waals surface area (Å²) in [6, 6.07) is 15.1. The highest BCUT2D eigenvalue weighted by Crippen LogP contribution is 2.21. The van der Waals surface area contributed by atoms with Crippen molar-refractivity contribution < 1.29 is 9.53 Å². The fourth-order valence-electron chi connectivity index (χ4n) is 1.81. The quantitative estimate of drug-likeness (QED) is 0.832. The SMILES string of the molecule is COc1ccc(NC(=O)CCNc2ccccc2Br)cc1. The van der Waals surface area contributed by atoms with E-state index >= 15 is 0 Å². The molecular weight excluding hydrogens is 332 g/mol. The first kappa shape index (κ1) is 15.4. The number of amides is 1. The number of hydrogen-bond donors (Lipinski definition) is 2. The summed E-state index contributed by atoms with van der Waals surface area (Å²) in [5.74, 6) is 0.739. The molecule has 0 atom stereocenters. The number of halogens is 1. The van der Waals surface area contributed by atoms with Crippen molar-refractivity contribution in [3.8, 4) is 5.75 Å². The summed E-state index contributed by atoms with van der Waals surface area (Å²) < 4.78 is 6.06. The molecule has 0 fully saturated rings. The molecule has 0 aliphatic carbocycles. The van der Waals surface area contributed by atoms with E-state index in [2.05, 4.69) is 26.6 Å². The molecule has 0 aromatic heterocycles. The number of ether oxygens (including phenoxy) is 1. The summed E-state index contributed by atoms with van der Waals surface area (Å²) in [5.41, 5.74) is 1.75. The molecule has 2 aromatic carbocycles. The normalized spacial score (nSPS) is 10.0. The molecule has 0 unspecified atom stereocenters. The zero-order valence-electron chi connectivity index (χ0n) is 11.7. The Bertz CT molecular complexity index is 599. The molecule has 1 amide bonds. The van der Waals surface area contributed by atoms with Crippen molar-refractivity contribution in [2.75, 3.05) is 24.3 Å². The molecule has 4 nitrogen and oxygen atoms in total. The van der Waals surface area contributed by atoms with E-state index < -0.39 is 0 Å². The van der Waals surface area contributed by atoms with Crippen LogP contribution in [0.15, 0.2) is 53.0 Å². The third kappa shape index (κ3) is 4.79. The predicted octanol–water partition coefficient (Wildman–Crippen LogP) is 3.90. The van der Waals surface area contributed by atoms with Crippen LogP contribution in [0.25, 0.3) is 0 Å². The first-order valence-electron chi connectivity index (χ1n) is 6.61. The molecule has 0 saturated carbocycles. The average Bonchev–Trinajstić information content (AvgIpc) is 2.50. The van der Waals surface area contributed by atoms with E-state index in [1.54, 1.807) is 7.11 Å². The molecule has 110 valence electrons. The van der Waals surface area contributed by atoms with Crippen LogP contribution in [0.4, 0.5) is 11.4 Å². The second kappa shape index (κ2) is 7.69. The zero-order chi connectivity index (χ0) is 15.1. The number of benzene rings is 2. The van der Waals surface area contributed by atoms with E-state index in [1.165, 1.54) is 0 Å². The third-order valence-electron chi connectivity index (χ3n) is 2.92. The molecule has 0 heterocycles. The lowest BCUT2D eigenvalue weighted by atomic mass is 10.3. The van der Waals surface area contributed by atoms with Gasteiger partial charge in [-0.25, -0.2) is 0 Å². The number of hydrogen-bond acceptors (Lipinski definition) is 3. The van der Waals surface area contributed by atoms with Crippen LogP contribution in [0.2, 0.25) is 0 Å². The summed E-state index contributed by atoms with van der Waals surface area (Å²) in [5, 5.41) is 6.07. The maximum absolute atomic E-state index is 11.8. The van der Waals surface area contributed by atoms with Crippen molar-refractivity contribution in [1.29, 1.82) is 0 Å². The highest BCUT2D eigenvalue weighted by atomic mass is 79.9. The van der Waals surface area contributed by atoms with Crippen molar-refractivity contribution in [3.05, 3.63) is 53.0 Å². The monoisotopic (exact) mass is 348 g/mol. The molecule has 21 heavy (non-hydrogen) atoms. The van der Waals surface area contributed by atoms with Gasteiger partial charge in [0.05, 0.1) is 7.11 Å². The van der Waals surface area contributed by atoms with Crippen LogP contribution >= 0.6 is 15.9 Å². The molecule has 0 saturated heterocycles. The van der Waals surface area contributed by atoms with Crippen LogP contribution in [0.3, 0.4) is 0 Å². The number of carbonyl (C=O) groups excluding carboxylic acids is 1. The van der Waals surface area contributed by atoms with Gasteiger partial charge in [0, 0.05) is 28.8 Å². The van der Waals surface area contributed by atoms with Crippen molar-refractivity contribution in [2.24, 2.45) is 0 Å². The van der Waals surface area contributed by atoms with Crippen LogP contribution in [0, 0.1) is 0 Å². The van der Waals surface area contributed by atoms with Gasteiger partial charge in [-0.05, 0) is 52.3 Å². The number of carbonyl (C=O) groups is 1. The second-order valence-electron chi connectivity index (χ2n) is 4.43. The minimum Gasteiger partial charge on any atom is -0.497 e. The lowest BCUT2D eigenvalue weighted by Gasteiger charge is -2.09. The predicted molar refractivity (Wildman–Crippen MR) is 88.9 cm³/mol. The van der Waals surface area contributed by atoms with E-state index in [-0.39, 0.29) is 5.91 Å². The van der Waals surface area contributed by atoms with Gasteiger partial charge in [-0.3, -0.25) is 4.79 Å². The first-order chi connectivity index (χ1) is 10.2. The highest BCUT2D eigenvalue weighted by Gasteiger charge is 2.03. The molecule has 2 rings (SSSR count). The maximum atomic E-state index is 11.8. The minimum atomic E-state index is -0.0280. The van der Waals surface area contributed by atoms with Gasteiger partial charge in [-0.2, -0.15) is 0 Å². The highest BCUT2D eigenvalue weighted by molar-refractivity contribution is 9.10. The van der Waals surface area contributed by atoms with E-state index in [0.717, 1.165) is 21.6 Å². The zero-order valence-corrected chi connectivity index (χ0v) is 13.3. The molecule has 2 aromatic rings. The molecule has 0 bridgehead atoms. The minimum absolute atomic E-state index is 0.0280. The lowest BCUT2D eigenvalue weighted by molar-refractivity contribution is -0.115. The molecule has 0 spiro atoms. The summed E-state index contributed by atoms with van der Waals surface area (Å²) >= 11 is 3.46. The van der Waals surface area contributed by atoms with Crippen LogP contribution in [0.1, 0.15) is 6.42 Å². The van der Waals surface area contributed by atoms with Crippen LogP contribution in [0.5, 0.6) is 5.75 Å². The van der Waals surface area contributed by atoms with Crippen LogP contribution in [-0.4, -0.2) is 19.6 Å². The summed E-state index contributed by atoms with van der Waals surface area (Å²) in [6.07, 6.45) is 0.396. The molecular formula is C16H17BrN2O2. The van der Waals surface area contributed by atoms with Crippen molar-refractivity contribution in [1.82, 2.24) is 0 Å². The second-order valence-corrected chi connectivity index (χ2v) is 5.29. The number of methoxy groups -OCH3 is 1. The number of para-hydroxylation sites is 1. The molecule has 5 heteroatoms. The standard InChI is InChI=1S/C16H17BrN2O2/c1-21-13-8-6-12(7-9-13)19-16(20)10-11-18-15-5-3-2-4-14(15)17/h2-9,18H,10-11H2,1H3,(H,19,20). The number of anilines is 2. The van der Waals surface area contributed by atoms with Gasteiger partial charge in [0.2, 0.25) is 5.91 Å². The third-order valence-corrected chi connectivity index (χ3v) is 3.61. The topological polar surface area (TPSA) is 50.4 Å². The smallest absolute Gasteiger partial charge is 0.226 e. The van der Waals surface area contributed by atoms with Gasteiger partial charge in [0.15, 0.2) is 0 Å². The average molecular weight is 349 g/mol. The van der Waals surface area contributed by atoms with Gasteiger partial charge in [0.1, 0.15) is 5.75 Å². The summed E-state index contributed by atoms with van der Waals surface area (Å²) in [4.78, 5) is 11.8. The van der Waals surface area contributed by atoms with E-state index in [0.29, 0.717) is 13.0 Å². The fraction of sp³-hybridized carbons (Fsp3) is 0.188. The van der Waals surface area contributed by atoms with Crippen LogP contribution < -0.4 is 15.4 Å². The Morgan fingerprint density at radius 3 is 2.52 bits per heavy atom. The van der Waals surface area contributed by atoms with Gasteiger partial charge >= 0.3 is 0 Å². The van der Waals surface area contributed by atoms with Gasteiger partial charge in [-0.1, -0.05) is 12.1 Å². The molecule has 0 radical (unpaired) electrons. The Hall–Kier alpha value is -2.01. The van der Waals surface area contributed by atoms with E-state index in [1.807, 2.05) is 48.5 Å². The fourth-order valence-corrected chi connectivity index (χ4v) is 2.24. The summed E-state index contributed by atoms with van der Waals surface area (Å²) in [6.45, 7) is 0.574. The van der Waals surface area contributed by atoms with E-state index in [9.17, 15) is 4.79 Å². The van der Waals surface area contributed by atoms with Crippen molar-refractivity contribution in [2.45, 2.75) is 6.42 Å². The molecule has 2 N–H and O–H groups in total. The van der Waals surface area contributed by atoms with Crippen LogP contribution in [-0.2, 0) is 4.79 Å². The van der Waals surface area contributed by atoms with Crippen molar-refractivity contribution in [3.63, 3.8) is 0 Å². The van der Waals surface area contributed by atoms with Gasteiger partial charge in [-0.15, -0.1) is 0 Å². The van der Waals surface area contributed by atoms with Crippen molar-refractivity contribution >= 4 is 33.2 Å². The number of rotatable bonds is 6. The summed E-state index contributed by atoms with van der Waals surface area (Å²) in [7, 11) is 1.61. The number of nitrogens with one attached hydrogen (secondary N) is 2. The Morgan fingerprint density at radius 2 is 1.86 bits per heavy atom. The first-order valence-corrected chi connectivity index (χ1v) is 7.40. The van der Waals surface area contributed by atoms with E-state index in [4.69, 9.17) is 4.74 Å². The lowest BCUT2D eigenvalue weighted by Crippen LogP contribution is -2.16. The largest absolute Gasteiger partial charge is 0.497 e. The molecule has 0 aliphatic heterocycles. The van der Waals surface area contributed by atoms with Gasteiger partial charge in [0.25, 0.3) is 0 Å². The Balaban J connectivity index is 1.78.